The van der Waals surface area contributed by atoms with Gasteiger partial charge >= 0.3 is 6.98 Å². The minimum absolute atomic E-state index is 0.0133. The summed E-state index contributed by atoms with van der Waals surface area (Å²) in [6.45, 7) is 12.2. The third-order valence-corrected chi connectivity index (χ3v) is 9.21. The zero-order valence-electron chi connectivity index (χ0n) is 22.4. The van der Waals surface area contributed by atoms with Crippen molar-refractivity contribution in [2.45, 2.75) is 84.0 Å². The van der Waals surface area contributed by atoms with E-state index in [1.165, 1.54) is 41.2 Å². The van der Waals surface area contributed by atoms with Gasteiger partial charge in [-0.1, -0.05) is 52.3 Å². The minimum Gasteiger partial charge on any atom is -0.373 e. The summed E-state index contributed by atoms with van der Waals surface area (Å²) in [5, 5.41) is 0.0583. The summed E-state index contributed by atoms with van der Waals surface area (Å²) >= 11 is 0. The van der Waals surface area contributed by atoms with Crippen LogP contribution in [0.25, 0.3) is 11.3 Å². The second kappa shape index (κ2) is 9.00. The summed E-state index contributed by atoms with van der Waals surface area (Å²) in [6.07, 6.45) is 20.3. The number of aryl methyl sites for hydroxylation is 1. The van der Waals surface area contributed by atoms with Crippen LogP contribution in [0.4, 0.5) is 5.82 Å². The van der Waals surface area contributed by atoms with Gasteiger partial charge in [-0.15, -0.1) is 0 Å². The Morgan fingerprint density at radius 2 is 1.80 bits per heavy atom. The van der Waals surface area contributed by atoms with E-state index in [9.17, 15) is 0 Å². The molecule has 35 heavy (non-hydrogen) atoms. The standard InChI is InChI=1S/C30H40BN4/c1-7-10-14-23-17-18-25(32-22-23)24-19-20-34-28(21-24)35-27-16-13-11-12-15-26(27)33(6)31(35)29(4,8-2)30(34,5)9-3/h12-13,15-22H,7-11,14H2,1-6H3/q+1. The largest absolute Gasteiger partial charge is 0.512 e. The Labute approximate surface area is 212 Å². The van der Waals surface area contributed by atoms with E-state index in [4.69, 9.17) is 4.98 Å². The summed E-state index contributed by atoms with van der Waals surface area (Å²) < 4.78 is 2.55. The van der Waals surface area contributed by atoms with Crippen LogP contribution in [0.3, 0.4) is 0 Å². The van der Waals surface area contributed by atoms with E-state index in [2.05, 4.69) is 117 Å². The summed E-state index contributed by atoms with van der Waals surface area (Å²) in [5.41, 5.74) is 6.16. The molecule has 182 valence electrons. The molecule has 0 spiro atoms. The van der Waals surface area contributed by atoms with Gasteiger partial charge in [0, 0.05) is 17.8 Å². The lowest BCUT2D eigenvalue weighted by Gasteiger charge is -2.51. The number of aromatic nitrogens is 2. The van der Waals surface area contributed by atoms with Crippen LogP contribution in [0.15, 0.2) is 72.4 Å². The van der Waals surface area contributed by atoms with Crippen molar-refractivity contribution in [2.24, 2.45) is 0 Å². The van der Waals surface area contributed by atoms with E-state index in [0.717, 1.165) is 31.4 Å². The highest BCUT2D eigenvalue weighted by atomic mass is 15.4. The molecule has 2 aromatic rings. The summed E-state index contributed by atoms with van der Waals surface area (Å²) in [6, 6.07) is 9.08. The van der Waals surface area contributed by atoms with Gasteiger partial charge in [-0.2, -0.15) is 0 Å². The summed E-state index contributed by atoms with van der Waals surface area (Å²) in [5.74, 6) is 1.26. The lowest BCUT2D eigenvalue weighted by molar-refractivity contribution is -0.758. The molecule has 2 unspecified atom stereocenters. The molecule has 0 bridgehead atoms. The van der Waals surface area contributed by atoms with E-state index < -0.39 is 0 Å². The highest BCUT2D eigenvalue weighted by molar-refractivity contribution is 6.66. The maximum atomic E-state index is 4.87. The molecule has 5 rings (SSSR count). The van der Waals surface area contributed by atoms with Crippen molar-refractivity contribution in [3.05, 3.63) is 77.9 Å². The molecule has 2 atom stereocenters. The van der Waals surface area contributed by atoms with Crippen LogP contribution in [0.1, 0.15) is 72.3 Å². The first-order valence-corrected chi connectivity index (χ1v) is 13.5. The Balaban J connectivity index is 1.68. The van der Waals surface area contributed by atoms with Crippen LogP contribution < -0.4 is 9.38 Å². The van der Waals surface area contributed by atoms with Gasteiger partial charge in [0.25, 0.3) is 5.82 Å². The lowest BCUT2D eigenvalue weighted by atomic mass is 9.39. The first-order chi connectivity index (χ1) is 16.9. The van der Waals surface area contributed by atoms with Crippen LogP contribution in [0.2, 0.25) is 5.31 Å². The van der Waals surface area contributed by atoms with Crippen molar-refractivity contribution < 1.29 is 4.57 Å². The molecule has 0 N–H and O–H groups in total. The number of fused-ring (bicyclic) bond motifs is 4. The van der Waals surface area contributed by atoms with Crippen molar-refractivity contribution in [3.8, 4) is 11.3 Å². The van der Waals surface area contributed by atoms with Crippen molar-refractivity contribution in [3.63, 3.8) is 0 Å². The SMILES string of the molecule is CCCCc1ccc(-c2cc[n+]3c(c2)N2B(N(C)C4=C2C=CCC=C4)C(C)(CC)C3(C)CC)nc1. The molecule has 4 heterocycles. The molecule has 1 aliphatic carbocycles. The number of anilines is 1. The van der Waals surface area contributed by atoms with Gasteiger partial charge in [0.15, 0.2) is 0 Å². The molecule has 0 radical (unpaired) electrons. The third-order valence-electron chi connectivity index (χ3n) is 9.21. The average molecular weight is 467 g/mol. The second-order valence-electron chi connectivity index (χ2n) is 10.9. The van der Waals surface area contributed by atoms with E-state index in [1.54, 1.807) is 0 Å². The monoisotopic (exact) mass is 467 g/mol. The molecule has 2 aliphatic heterocycles. The van der Waals surface area contributed by atoms with E-state index >= 15 is 0 Å². The number of rotatable bonds is 6. The van der Waals surface area contributed by atoms with Crippen molar-refractivity contribution in [1.29, 1.82) is 0 Å². The van der Waals surface area contributed by atoms with E-state index in [-0.39, 0.29) is 17.8 Å². The molecule has 3 aliphatic rings. The number of likely N-dealkylation sites (N-methyl/N-ethyl adjacent to an activating group) is 1. The van der Waals surface area contributed by atoms with Gasteiger partial charge in [0.2, 0.25) is 0 Å². The Bertz CT molecular complexity index is 1200. The maximum absolute atomic E-state index is 4.87. The number of hydrogen-bond acceptors (Lipinski definition) is 3. The fourth-order valence-corrected chi connectivity index (χ4v) is 6.57. The molecule has 0 amide bonds. The van der Waals surface area contributed by atoms with Crippen molar-refractivity contribution in [1.82, 2.24) is 9.79 Å². The van der Waals surface area contributed by atoms with Crippen molar-refractivity contribution >= 4 is 12.8 Å². The number of allylic oxidation sites excluding steroid dienone is 4. The number of unbranched alkanes of at least 4 members (excludes halogenated alkanes) is 1. The first kappa shape index (κ1) is 23.9. The molecule has 0 saturated carbocycles. The van der Waals surface area contributed by atoms with Gasteiger partial charge in [0.1, 0.15) is 11.2 Å². The number of pyridine rings is 2. The fraction of sp³-hybridized carbons (Fsp3) is 0.467. The minimum atomic E-state index is -0.0133. The van der Waals surface area contributed by atoms with Gasteiger partial charge in [-0.05, 0) is 75.9 Å². The van der Waals surface area contributed by atoms with E-state index in [0.29, 0.717) is 0 Å². The molecular formula is C30H40BN4+. The first-order valence-electron chi connectivity index (χ1n) is 13.5. The Morgan fingerprint density at radius 1 is 1.03 bits per heavy atom. The molecule has 0 aromatic carbocycles. The Morgan fingerprint density at radius 3 is 2.46 bits per heavy atom. The average Bonchev–Trinajstić information content (AvgIpc) is 3.03. The zero-order valence-corrected chi connectivity index (χ0v) is 22.4. The predicted molar refractivity (Wildman–Crippen MR) is 147 cm³/mol. The zero-order chi connectivity index (χ0) is 24.8. The fourth-order valence-electron chi connectivity index (χ4n) is 6.57. The summed E-state index contributed by atoms with van der Waals surface area (Å²) in [4.78, 5) is 10.00. The normalized spacial score (nSPS) is 25.0. The van der Waals surface area contributed by atoms with Crippen LogP contribution in [-0.4, -0.2) is 23.8 Å². The van der Waals surface area contributed by atoms with Crippen LogP contribution >= 0.6 is 0 Å². The maximum Gasteiger partial charge on any atom is 0.512 e. The summed E-state index contributed by atoms with van der Waals surface area (Å²) in [7, 11) is 2.28. The Hall–Kier alpha value is -2.82. The molecule has 2 aromatic heterocycles. The van der Waals surface area contributed by atoms with Crippen LogP contribution in [0, 0.1) is 0 Å². The molecule has 0 saturated heterocycles. The second-order valence-corrected chi connectivity index (χ2v) is 10.9. The topological polar surface area (TPSA) is 23.2 Å². The molecular weight excluding hydrogens is 427 g/mol. The third kappa shape index (κ3) is 3.49. The molecule has 0 fully saturated rings. The Kier molecular flexibility index (Phi) is 6.15. The highest BCUT2D eigenvalue weighted by Crippen LogP contribution is 2.57. The number of hydrogen-bond donors (Lipinski definition) is 0. The number of nitrogens with zero attached hydrogens (tertiary/aromatic N) is 4. The smallest absolute Gasteiger partial charge is 0.373 e. The highest BCUT2D eigenvalue weighted by Gasteiger charge is 2.69. The predicted octanol–water partition coefficient (Wildman–Crippen LogP) is 6.66. The van der Waals surface area contributed by atoms with Gasteiger partial charge < -0.3 is 4.81 Å². The lowest BCUT2D eigenvalue weighted by Crippen LogP contribution is -2.74. The molecule has 5 heteroatoms. The van der Waals surface area contributed by atoms with Crippen LogP contribution in [-0.2, 0) is 12.0 Å². The van der Waals surface area contributed by atoms with Gasteiger partial charge in [-0.3, -0.25) is 9.79 Å². The van der Waals surface area contributed by atoms with Crippen LogP contribution in [0.5, 0.6) is 0 Å². The molecule has 4 nitrogen and oxygen atoms in total. The van der Waals surface area contributed by atoms with Crippen molar-refractivity contribution in [2.75, 3.05) is 11.9 Å². The van der Waals surface area contributed by atoms with Gasteiger partial charge in [-0.25, -0.2) is 4.57 Å². The quantitative estimate of drug-likeness (QED) is 0.351. The van der Waals surface area contributed by atoms with Gasteiger partial charge in [0.05, 0.1) is 22.9 Å². The van der Waals surface area contributed by atoms with E-state index in [1.807, 2.05) is 0 Å².